The maximum atomic E-state index is 12.5. The highest BCUT2D eigenvalue weighted by molar-refractivity contribution is 5.76. The lowest BCUT2D eigenvalue weighted by Gasteiger charge is -2.20. The lowest BCUT2D eigenvalue weighted by Crippen LogP contribution is -2.45. The molecule has 0 aliphatic heterocycles. The normalized spacial score (nSPS) is 12.8. The summed E-state index contributed by atoms with van der Waals surface area (Å²) in [7, 11) is 0. The Hall–Kier alpha value is -1.92. The molecule has 2 unspecified atom stereocenters. The van der Waals surface area contributed by atoms with Gasteiger partial charge in [-0.15, -0.1) is 0 Å². The molecule has 0 saturated heterocycles. The second kappa shape index (κ2) is 60.6. The number of unbranched alkanes of at least 4 members (excludes halogenated alkanes) is 44. The Morgan fingerprint density at radius 3 is 1.00 bits per heavy atom. The summed E-state index contributed by atoms with van der Waals surface area (Å²) in [6, 6.07) is -0.630. The number of hydrogen-bond donors (Lipinski definition) is 3. The van der Waals surface area contributed by atoms with E-state index in [1.165, 1.54) is 270 Å². The molecule has 418 valence electrons. The largest absolute Gasteiger partial charge is 0.466 e. The molecule has 2 atom stereocenters. The van der Waals surface area contributed by atoms with Gasteiger partial charge in [0.25, 0.3) is 0 Å². The zero-order valence-corrected chi connectivity index (χ0v) is 47.7. The van der Waals surface area contributed by atoms with Crippen LogP contribution in [-0.2, 0) is 14.3 Å². The maximum absolute atomic E-state index is 12.5. The lowest BCUT2D eigenvalue weighted by molar-refractivity contribution is -0.143. The number of carbonyl (C=O) groups excluding carboxylic acids is 2. The first-order valence-electron chi connectivity index (χ1n) is 31.8. The minimum atomic E-state index is -0.846. The van der Waals surface area contributed by atoms with Crippen LogP contribution in [0.15, 0.2) is 36.5 Å². The molecular formula is C65H123NO5. The first-order valence-corrected chi connectivity index (χ1v) is 31.8. The van der Waals surface area contributed by atoms with Gasteiger partial charge in [0.15, 0.2) is 0 Å². The molecule has 0 bridgehead atoms. The third kappa shape index (κ3) is 57.2. The average Bonchev–Trinajstić information content (AvgIpc) is 3.37. The molecule has 0 fully saturated rings. The average molecular weight is 999 g/mol. The topological polar surface area (TPSA) is 95.9 Å². The summed E-state index contributed by atoms with van der Waals surface area (Å²) in [5, 5.41) is 23.1. The van der Waals surface area contributed by atoms with Crippen LogP contribution in [0.3, 0.4) is 0 Å². The van der Waals surface area contributed by atoms with Crippen molar-refractivity contribution in [2.45, 2.75) is 353 Å². The fraction of sp³-hybridized carbons (Fsp3) is 0.877. The standard InChI is InChI=1S/C65H123NO5/c1-3-5-7-9-11-13-15-17-30-33-37-41-45-49-53-57-63(68)62(61-67)66-64(69)58-54-50-46-42-38-34-31-28-26-24-22-20-19-21-23-25-27-29-32-36-40-44-48-52-56-60-71-65(70)59-55-51-47-43-39-35-18-16-14-12-10-8-6-4-2/h16,18,20,22,53,57,62-63,67-68H,3-15,17,19,21,23-52,54-56,58-61H2,1-2H3,(H,66,69)/b18-16-,22-20-,57-53+. The number of aliphatic hydroxyl groups is 2. The Morgan fingerprint density at radius 2 is 0.662 bits per heavy atom. The molecule has 3 N–H and O–H groups in total. The van der Waals surface area contributed by atoms with E-state index in [1.54, 1.807) is 6.08 Å². The molecule has 6 heteroatoms. The van der Waals surface area contributed by atoms with Gasteiger partial charge in [-0.05, 0) is 83.5 Å². The first-order chi connectivity index (χ1) is 35.0. The van der Waals surface area contributed by atoms with Crippen LogP contribution in [0.5, 0.6) is 0 Å². The summed E-state index contributed by atoms with van der Waals surface area (Å²) in [5.74, 6) is -0.0654. The summed E-state index contributed by atoms with van der Waals surface area (Å²) in [5.41, 5.74) is 0. The summed E-state index contributed by atoms with van der Waals surface area (Å²) >= 11 is 0. The molecule has 0 spiro atoms. The van der Waals surface area contributed by atoms with Crippen molar-refractivity contribution < 1.29 is 24.5 Å². The van der Waals surface area contributed by atoms with E-state index >= 15 is 0 Å². The molecule has 0 aliphatic rings. The van der Waals surface area contributed by atoms with E-state index in [0.29, 0.717) is 19.4 Å². The van der Waals surface area contributed by atoms with Crippen molar-refractivity contribution >= 4 is 11.9 Å². The Morgan fingerprint density at radius 1 is 0.380 bits per heavy atom. The van der Waals surface area contributed by atoms with E-state index in [2.05, 4.69) is 43.5 Å². The van der Waals surface area contributed by atoms with Crippen molar-refractivity contribution in [1.82, 2.24) is 5.32 Å². The van der Waals surface area contributed by atoms with Gasteiger partial charge in [-0.3, -0.25) is 9.59 Å². The molecule has 0 aliphatic carbocycles. The van der Waals surface area contributed by atoms with Gasteiger partial charge in [0, 0.05) is 12.8 Å². The molecule has 0 saturated carbocycles. The van der Waals surface area contributed by atoms with Crippen LogP contribution < -0.4 is 5.32 Å². The SMILES string of the molecule is CCCCCCC/C=C\CCCCCCCC(=O)OCCCCCCCCCCCCCC/C=C\CCCCCCCCCCCC(=O)NC(CO)C(O)/C=C/CCCCCCCCCCCCCCC. The monoisotopic (exact) mass is 998 g/mol. The third-order valence-corrected chi connectivity index (χ3v) is 14.6. The molecule has 0 aromatic carbocycles. The van der Waals surface area contributed by atoms with Crippen LogP contribution in [-0.4, -0.2) is 47.4 Å². The Balaban J connectivity index is 3.42. The van der Waals surface area contributed by atoms with Crippen molar-refractivity contribution in [3.05, 3.63) is 36.5 Å². The molecule has 0 heterocycles. The van der Waals surface area contributed by atoms with Crippen molar-refractivity contribution in [2.24, 2.45) is 0 Å². The fourth-order valence-electron chi connectivity index (χ4n) is 9.74. The smallest absolute Gasteiger partial charge is 0.305 e. The second-order valence-corrected chi connectivity index (χ2v) is 21.7. The van der Waals surface area contributed by atoms with Crippen LogP contribution in [0, 0.1) is 0 Å². The highest BCUT2D eigenvalue weighted by Gasteiger charge is 2.18. The minimum Gasteiger partial charge on any atom is -0.466 e. The maximum Gasteiger partial charge on any atom is 0.305 e. The Labute approximate surface area is 443 Å². The van der Waals surface area contributed by atoms with Gasteiger partial charge < -0.3 is 20.3 Å². The highest BCUT2D eigenvalue weighted by Crippen LogP contribution is 2.17. The van der Waals surface area contributed by atoms with Crippen LogP contribution in [0.1, 0.15) is 341 Å². The van der Waals surface area contributed by atoms with E-state index in [9.17, 15) is 19.8 Å². The first kappa shape index (κ1) is 69.1. The van der Waals surface area contributed by atoms with Gasteiger partial charge in [-0.1, -0.05) is 281 Å². The molecule has 0 radical (unpaired) electrons. The van der Waals surface area contributed by atoms with E-state index in [1.807, 2.05) is 6.08 Å². The number of rotatable bonds is 59. The third-order valence-electron chi connectivity index (χ3n) is 14.6. The summed E-state index contributed by atoms with van der Waals surface area (Å²) < 4.78 is 5.48. The van der Waals surface area contributed by atoms with E-state index < -0.39 is 12.1 Å². The van der Waals surface area contributed by atoms with Gasteiger partial charge in [0.1, 0.15) is 0 Å². The Bertz CT molecular complexity index is 1150. The molecule has 0 aromatic heterocycles. The minimum absolute atomic E-state index is 0.00447. The number of carbonyl (C=O) groups is 2. The van der Waals surface area contributed by atoms with Crippen molar-refractivity contribution in [3.8, 4) is 0 Å². The van der Waals surface area contributed by atoms with Crippen molar-refractivity contribution in [1.29, 1.82) is 0 Å². The summed E-state index contributed by atoms with van der Waals surface area (Å²) in [6.45, 7) is 4.90. The highest BCUT2D eigenvalue weighted by atomic mass is 16.5. The number of ether oxygens (including phenoxy) is 1. The van der Waals surface area contributed by atoms with Crippen LogP contribution >= 0.6 is 0 Å². The molecule has 0 rings (SSSR count). The van der Waals surface area contributed by atoms with Crippen molar-refractivity contribution in [3.63, 3.8) is 0 Å². The number of allylic oxidation sites excluding steroid dienone is 5. The molecule has 6 nitrogen and oxygen atoms in total. The van der Waals surface area contributed by atoms with Gasteiger partial charge in [-0.2, -0.15) is 0 Å². The molecule has 0 aromatic rings. The zero-order valence-electron chi connectivity index (χ0n) is 47.7. The van der Waals surface area contributed by atoms with Gasteiger partial charge in [0.2, 0.25) is 5.91 Å². The number of hydrogen-bond acceptors (Lipinski definition) is 5. The van der Waals surface area contributed by atoms with E-state index in [4.69, 9.17) is 4.74 Å². The number of amides is 1. The lowest BCUT2D eigenvalue weighted by atomic mass is 10.0. The predicted molar refractivity (Wildman–Crippen MR) is 310 cm³/mol. The molecular weight excluding hydrogens is 875 g/mol. The molecule has 1 amide bonds. The quantitative estimate of drug-likeness (QED) is 0.0321. The molecule has 71 heavy (non-hydrogen) atoms. The van der Waals surface area contributed by atoms with Gasteiger partial charge in [-0.25, -0.2) is 0 Å². The number of aliphatic hydroxyl groups excluding tert-OH is 2. The van der Waals surface area contributed by atoms with E-state index in [-0.39, 0.29) is 18.5 Å². The van der Waals surface area contributed by atoms with Gasteiger partial charge >= 0.3 is 5.97 Å². The van der Waals surface area contributed by atoms with Crippen LogP contribution in [0.2, 0.25) is 0 Å². The summed E-state index contributed by atoms with van der Waals surface area (Å²) in [4.78, 5) is 24.5. The fourth-order valence-corrected chi connectivity index (χ4v) is 9.74. The summed E-state index contributed by atoms with van der Waals surface area (Å²) in [6.07, 6.45) is 76.2. The Kier molecular flexibility index (Phi) is 59.0. The number of nitrogens with one attached hydrogen (secondary N) is 1. The predicted octanol–water partition coefficient (Wildman–Crippen LogP) is 20.0. The second-order valence-electron chi connectivity index (χ2n) is 21.7. The van der Waals surface area contributed by atoms with Crippen molar-refractivity contribution in [2.75, 3.05) is 13.2 Å². The van der Waals surface area contributed by atoms with Crippen LogP contribution in [0.25, 0.3) is 0 Å². The van der Waals surface area contributed by atoms with E-state index in [0.717, 1.165) is 44.9 Å². The zero-order chi connectivity index (χ0) is 51.4. The van der Waals surface area contributed by atoms with Gasteiger partial charge in [0.05, 0.1) is 25.4 Å². The van der Waals surface area contributed by atoms with Crippen LogP contribution in [0.4, 0.5) is 0 Å². The number of esters is 1.